The lowest BCUT2D eigenvalue weighted by atomic mass is 10.1. The second-order valence-electron chi connectivity index (χ2n) is 5.84. The van der Waals surface area contributed by atoms with Crippen LogP contribution in [0.15, 0.2) is 29.3 Å². The van der Waals surface area contributed by atoms with Crippen molar-refractivity contribution in [3.63, 3.8) is 0 Å². The van der Waals surface area contributed by atoms with Gasteiger partial charge in [0.25, 0.3) is 6.43 Å². The molecule has 0 radical (unpaired) electrons. The van der Waals surface area contributed by atoms with Gasteiger partial charge in [-0.05, 0) is 30.5 Å². The highest BCUT2D eigenvalue weighted by Gasteiger charge is 2.21. The fourth-order valence-electron chi connectivity index (χ4n) is 2.73. The van der Waals surface area contributed by atoms with E-state index in [1.54, 1.807) is 24.1 Å². The molecule has 0 atom stereocenters. The van der Waals surface area contributed by atoms with E-state index < -0.39 is 6.43 Å². The highest BCUT2D eigenvalue weighted by Crippen LogP contribution is 2.12. The average Bonchev–Trinajstić information content (AvgIpc) is 2.60. The minimum Gasteiger partial charge on any atom is -0.354 e. The predicted molar refractivity (Wildman–Crippen MR) is 105 cm³/mol. The molecule has 0 bridgehead atoms. The summed E-state index contributed by atoms with van der Waals surface area (Å²) < 4.78 is 24.8. The van der Waals surface area contributed by atoms with Gasteiger partial charge in [0.1, 0.15) is 0 Å². The summed E-state index contributed by atoms with van der Waals surface area (Å²) in [6.07, 6.45) is -0.620. The van der Waals surface area contributed by atoms with Crippen molar-refractivity contribution in [3.8, 4) is 6.07 Å². The molecule has 0 aromatic heterocycles. The third-order valence-electron chi connectivity index (χ3n) is 4.09. The molecule has 8 heteroatoms. The molecule has 1 aliphatic rings. The van der Waals surface area contributed by atoms with Crippen LogP contribution in [0, 0.1) is 11.3 Å². The fourth-order valence-corrected chi connectivity index (χ4v) is 2.73. The van der Waals surface area contributed by atoms with Gasteiger partial charge >= 0.3 is 0 Å². The van der Waals surface area contributed by atoms with Gasteiger partial charge in [-0.15, -0.1) is 24.0 Å². The molecule has 0 amide bonds. The molecule has 1 heterocycles. The highest BCUT2D eigenvalue weighted by atomic mass is 127. The molecule has 0 aliphatic carbocycles. The van der Waals surface area contributed by atoms with Crippen LogP contribution in [0.2, 0.25) is 0 Å². The Hall–Kier alpha value is -1.47. The van der Waals surface area contributed by atoms with Crippen molar-refractivity contribution in [2.45, 2.75) is 31.9 Å². The lowest BCUT2D eigenvalue weighted by molar-refractivity contribution is 0.0744. The zero-order valence-electron chi connectivity index (χ0n) is 14.2. The SMILES string of the molecule is CN=C(NCc1ccc(C#N)cc1)NC1CCN(CC(F)F)CC1.I. The van der Waals surface area contributed by atoms with Crippen LogP contribution >= 0.6 is 24.0 Å². The first-order valence-corrected chi connectivity index (χ1v) is 8.07. The first-order chi connectivity index (χ1) is 11.6. The van der Waals surface area contributed by atoms with Crippen molar-refractivity contribution in [2.75, 3.05) is 26.7 Å². The van der Waals surface area contributed by atoms with E-state index in [2.05, 4.69) is 21.7 Å². The highest BCUT2D eigenvalue weighted by molar-refractivity contribution is 14.0. The van der Waals surface area contributed by atoms with Gasteiger partial charge in [0.15, 0.2) is 5.96 Å². The summed E-state index contributed by atoms with van der Waals surface area (Å²) in [5.41, 5.74) is 1.69. The zero-order valence-corrected chi connectivity index (χ0v) is 16.5. The van der Waals surface area contributed by atoms with Crippen molar-refractivity contribution in [1.82, 2.24) is 15.5 Å². The maximum atomic E-state index is 12.4. The van der Waals surface area contributed by atoms with Gasteiger partial charge < -0.3 is 10.6 Å². The minimum absolute atomic E-state index is 0. The van der Waals surface area contributed by atoms with Crippen LogP contribution in [0.25, 0.3) is 0 Å². The number of benzene rings is 1. The molecule has 1 fully saturated rings. The van der Waals surface area contributed by atoms with Crippen LogP contribution in [0.4, 0.5) is 8.78 Å². The molecule has 1 aliphatic heterocycles. The van der Waals surface area contributed by atoms with Crippen LogP contribution in [0.3, 0.4) is 0 Å². The number of nitriles is 1. The summed E-state index contributed by atoms with van der Waals surface area (Å²) in [7, 11) is 1.71. The summed E-state index contributed by atoms with van der Waals surface area (Å²) in [4.78, 5) is 6.01. The Morgan fingerprint density at radius 3 is 2.48 bits per heavy atom. The summed E-state index contributed by atoms with van der Waals surface area (Å²) in [5, 5.41) is 15.4. The molecule has 0 saturated carbocycles. The van der Waals surface area contributed by atoms with Gasteiger partial charge in [-0.3, -0.25) is 9.89 Å². The molecule has 5 nitrogen and oxygen atoms in total. The number of hydrogen-bond donors (Lipinski definition) is 2. The standard InChI is InChI=1S/C17H23F2N5.HI/c1-21-17(22-11-14-4-2-13(10-20)3-5-14)23-15-6-8-24(9-7-15)12-16(18)19;/h2-5,15-16H,6-9,11-12H2,1H3,(H2,21,22,23);1H. The third kappa shape index (κ3) is 7.52. The normalized spacial score (nSPS) is 16.2. The zero-order chi connectivity index (χ0) is 17.4. The number of nitrogens with zero attached hydrogens (tertiary/aromatic N) is 3. The van der Waals surface area contributed by atoms with E-state index in [-0.39, 0.29) is 36.6 Å². The Bertz CT molecular complexity index is 578. The van der Waals surface area contributed by atoms with E-state index in [1.165, 1.54) is 0 Å². The van der Waals surface area contributed by atoms with E-state index in [4.69, 9.17) is 5.26 Å². The second-order valence-corrected chi connectivity index (χ2v) is 5.84. The number of piperidine rings is 1. The number of halogens is 3. The second kappa shape index (κ2) is 11.2. The van der Waals surface area contributed by atoms with Crippen LogP contribution in [-0.2, 0) is 6.54 Å². The lowest BCUT2D eigenvalue weighted by Crippen LogP contribution is -2.49. The molecule has 0 spiro atoms. The lowest BCUT2D eigenvalue weighted by Gasteiger charge is -2.32. The van der Waals surface area contributed by atoms with E-state index >= 15 is 0 Å². The fraction of sp³-hybridized carbons (Fsp3) is 0.529. The number of nitrogens with one attached hydrogen (secondary N) is 2. The molecule has 1 saturated heterocycles. The summed E-state index contributed by atoms with van der Waals surface area (Å²) >= 11 is 0. The van der Waals surface area contributed by atoms with Gasteiger partial charge in [-0.1, -0.05) is 12.1 Å². The summed E-state index contributed by atoms with van der Waals surface area (Å²) in [5.74, 6) is 0.701. The Morgan fingerprint density at radius 2 is 1.96 bits per heavy atom. The van der Waals surface area contributed by atoms with Crippen LogP contribution < -0.4 is 10.6 Å². The van der Waals surface area contributed by atoms with E-state index in [0.717, 1.165) is 18.4 Å². The number of likely N-dealkylation sites (tertiary alicyclic amines) is 1. The van der Waals surface area contributed by atoms with Crippen molar-refractivity contribution < 1.29 is 8.78 Å². The van der Waals surface area contributed by atoms with Gasteiger partial charge in [0, 0.05) is 32.7 Å². The number of hydrogen-bond acceptors (Lipinski definition) is 3. The van der Waals surface area contributed by atoms with Crippen molar-refractivity contribution in [2.24, 2.45) is 4.99 Å². The number of rotatable bonds is 5. The maximum absolute atomic E-state index is 12.4. The predicted octanol–water partition coefficient (Wildman–Crippen LogP) is 2.57. The van der Waals surface area contributed by atoms with Gasteiger partial charge in [0.05, 0.1) is 18.2 Å². The van der Waals surface area contributed by atoms with E-state index in [9.17, 15) is 8.78 Å². The van der Waals surface area contributed by atoms with Gasteiger partial charge in [-0.2, -0.15) is 5.26 Å². The monoisotopic (exact) mass is 463 g/mol. The number of guanidine groups is 1. The van der Waals surface area contributed by atoms with Crippen molar-refractivity contribution >= 4 is 29.9 Å². The molecule has 2 rings (SSSR count). The van der Waals surface area contributed by atoms with Crippen LogP contribution in [-0.4, -0.2) is 50.0 Å². The first-order valence-electron chi connectivity index (χ1n) is 8.07. The molecule has 2 N–H and O–H groups in total. The molecule has 1 aromatic carbocycles. The maximum Gasteiger partial charge on any atom is 0.251 e. The van der Waals surface area contributed by atoms with Gasteiger partial charge in [-0.25, -0.2) is 8.78 Å². The largest absolute Gasteiger partial charge is 0.354 e. The van der Waals surface area contributed by atoms with Crippen molar-refractivity contribution in [1.29, 1.82) is 5.26 Å². The van der Waals surface area contributed by atoms with Crippen LogP contribution in [0.5, 0.6) is 0 Å². The molecular formula is C17H24F2IN5. The van der Waals surface area contributed by atoms with E-state index in [1.807, 2.05) is 12.1 Å². The number of aliphatic imine (C=N–C) groups is 1. The smallest absolute Gasteiger partial charge is 0.251 e. The average molecular weight is 463 g/mol. The minimum atomic E-state index is -2.27. The molecule has 25 heavy (non-hydrogen) atoms. The molecule has 1 aromatic rings. The summed E-state index contributed by atoms with van der Waals surface area (Å²) in [6.45, 7) is 1.82. The van der Waals surface area contributed by atoms with Gasteiger partial charge in [0.2, 0.25) is 0 Å². The molecule has 0 unspecified atom stereocenters. The van der Waals surface area contributed by atoms with E-state index in [0.29, 0.717) is 31.2 Å². The van der Waals surface area contributed by atoms with Crippen molar-refractivity contribution in [3.05, 3.63) is 35.4 Å². The third-order valence-corrected chi connectivity index (χ3v) is 4.09. The first kappa shape index (κ1) is 21.6. The topological polar surface area (TPSA) is 63.5 Å². The molecular weight excluding hydrogens is 439 g/mol. The Balaban J connectivity index is 0.00000312. The van der Waals surface area contributed by atoms with Crippen LogP contribution in [0.1, 0.15) is 24.0 Å². The Morgan fingerprint density at radius 1 is 1.32 bits per heavy atom. The Labute approximate surface area is 164 Å². The quantitative estimate of drug-likeness (QED) is 0.401. The number of alkyl halides is 2. The molecule has 138 valence electrons. The summed E-state index contributed by atoms with van der Waals surface area (Å²) in [6, 6.07) is 9.71. The Kier molecular flexibility index (Phi) is 9.67.